The van der Waals surface area contributed by atoms with Crippen molar-refractivity contribution in [2.75, 3.05) is 47.5 Å². The monoisotopic (exact) mass is 821 g/mol. The van der Waals surface area contributed by atoms with Crippen molar-refractivity contribution in [3.63, 3.8) is 0 Å². The third-order valence-electron chi connectivity index (χ3n) is 8.48. The van der Waals surface area contributed by atoms with Crippen LogP contribution < -0.4 is 0 Å². The number of phosphoric acid groups is 1. The van der Waals surface area contributed by atoms with Crippen molar-refractivity contribution in [1.82, 2.24) is 0 Å². The van der Waals surface area contributed by atoms with E-state index in [1.165, 1.54) is 0 Å². The van der Waals surface area contributed by atoms with Gasteiger partial charge in [0.1, 0.15) is 19.8 Å². The Labute approximate surface area is 346 Å². The fourth-order valence-electron chi connectivity index (χ4n) is 5.10. The lowest BCUT2D eigenvalue weighted by Gasteiger charge is -2.24. The zero-order chi connectivity index (χ0) is 42.3. The van der Waals surface area contributed by atoms with Crippen LogP contribution in [0.3, 0.4) is 0 Å². The van der Waals surface area contributed by atoms with E-state index in [0.717, 1.165) is 89.9 Å². The topological polar surface area (TPSA) is 129 Å². The van der Waals surface area contributed by atoms with Gasteiger partial charge >= 0.3 is 19.8 Å². The van der Waals surface area contributed by atoms with Gasteiger partial charge in [-0.25, -0.2) is 4.57 Å². The third kappa shape index (κ3) is 41.1. The maximum absolute atomic E-state index is 12.7. The molecule has 2 N–H and O–H groups in total. The number of esters is 2. The normalized spacial score (nSPS) is 15.0. The molecule has 0 saturated heterocycles. The maximum Gasteiger partial charge on any atom is 0.472 e. The zero-order valence-electron chi connectivity index (χ0n) is 36.1. The molecule has 0 aromatic heterocycles. The molecule has 0 aromatic carbocycles. The van der Waals surface area contributed by atoms with Gasteiger partial charge in [-0.15, -0.1) is 0 Å². The highest BCUT2D eigenvalue weighted by Crippen LogP contribution is 2.43. The van der Waals surface area contributed by atoms with Gasteiger partial charge in [-0.1, -0.05) is 131 Å². The number of aliphatic hydroxyl groups excluding tert-OH is 1. The van der Waals surface area contributed by atoms with E-state index >= 15 is 0 Å². The summed E-state index contributed by atoms with van der Waals surface area (Å²) in [5.74, 6) is -0.917. The van der Waals surface area contributed by atoms with E-state index in [9.17, 15) is 24.2 Å². The van der Waals surface area contributed by atoms with Crippen LogP contribution in [0, 0.1) is 0 Å². The molecule has 0 aromatic rings. The Morgan fingerprint density at radius 3 is 1.75 bits per heavy atom. The summed E-state index contributed by atoms with van der Waals surface area (Å²) in [6, 6.07) is 0. The number of nitrogens with zero attached hydrogens (tertiary/aromatic N) is 1. The maximum atomic E-state index is 12.7. The van der Waals surface area contributed by atoms with E-state index in [4.69, 9.17) is 18.5 Å². The van der Waals surface area contributed by atoms with Gasteiger partial charge in [-0.3, -0.25) is 18.6 Å². The number of hydrogen-bond acceptors (Lipinski definition) is 8. The van der Waals surface area contributed by atoms with Crippen LogP contribution >= 0.6 is 7.82 Å². The van der Waals surface area contributed by atoms with Gasteiger partial charge < -0.3 is 24.0 Å². The van der Waals surface area contributed by atoms with Crippen LogP contribution in [0.25, 0.3) is 0 Å². The van der Waals surface area contributed by atoms with E-state index in [0.29, 0.717) is 30.3 Å². The fraction of sp³-hybridized carbons (Fsp3) is 0.652. The molecule has 0 fully saturated rings. The van der Waals surface area contributed by atoms with Crippen LogP contribution in [0.15, 0.2) is 85.1 Å². The summed E-state index contributed by atoms with van der Waals surface area (Å²) >= 11 is 0. The Hall–Kier alpha value is -2.85. The van der Waals surface area contributed by atoms with E-state index in [1.54, 1.807) is 0 Å². The summed E-state index contributed by atoms with van der Waals surface area (Å²) in [6.45, 7) is 4.03. The van der Waals surface area contributed by atoms with Crippen LogP contribution in [-0.2, 0) is 32.7 Å². The smallest absolute Gasteiger partial charge is 0.462 e. The first-order chi connectivity index (χ1) is 27.4. The van der Waals surface area contributed by atoms with E-state index in [2.05, 4.69) is 80.7 Å². The number of carbonyl (C=O) groups is 2. The molecular formula is C46H79NO9P+. The van der Waals surface area contributed by atoms with Crippen LogP contribution in [0.5, 0.6) is 0 Å². The summed E-state index contributed by atoms with van der Waals surface area (Å²) in [7, 11) is 1.39. The van der Waals surface area contributed by atoms with Crippen LogP contribution in [0.2, 0.25) is 0 Å². The van der Waals surface area contributed by atoms with Crippen molar-refractivity contribution in [2.45, 2.75) is 148 Å². The molecule has 11 heteroatoms. The number of aliphatic hydroxyl groups is 1. The summed E-state index contributed by atoms with van der Waals surface area (Å²) in [4.78, 5) is 35.3. The molecule has 1 unspecified atom stereocenters. The number of unbranched alkanes of at least 4 members (excludes halogenated alkanes) is 7. The van der Waals surface area contributed by atoms with Gasteiger partial charge in [-0.2, -0.15) is 0 Å². The number of allylic oxidation sites excluding steroid dienone is 13. The van der Waals surface area contributed by atoms with Crippen molar-refractivity contribution in [3.8, 4) is 0 Å². The number of quaternary nitrogens is 1. The quantitative estimate of drug-likeness (QED) is 0.0207. The van der Waals surface area contributed by atoms with Crippen LogP contribution in [-0.4, -0.2) is 86.1 Å². The molecule has 10 nitrogen and oxygen atoms in total. The van der Waals surface area contributed by atoms with Crippen LogP contribution in [0.4, 0.5) is 0 Å². The average Bonchev–Trinajstić information content (AvgIpc) is 3.16. The molecule has 0 heterocycles. The first-order valence-electron chi connectivity index (χ1n) is 21.4. The summed E-state index contributed by atoms with van der Waals surface area (Å²) in [5.41, 5.74) is 0. The summed E-state index contributed by atoms with van der Waals surface area (Å²) in [5, 5.41) is 9.82. The minimum Gasteiger partial charge on any atom is -0.462 e. The third-order valence-corrected chi connectivity index (χ3v) is 9.46. The SMILES string of the molecule is CC/C=C\C/C=C\C/C=C\CCCCCCCC(=O)O[C@H](COC(=O)CCC/C=C\C/C=C\C/C=C\C/C=C\[C@@H](O)CCCC)COP(=O)(O)OCC[N+](C)(C)C. The van der Waals surface area contributed by atoms with Crippen molar-refractivity contribution in [3.05, 3.63) is 85.1 Å². The highest BCUT2D eigenvalue weighted by Gasteiger charge is 2.27. The second kappa shape index (κ2) is 37.4. The van der Waals surface area contributed by atoms with E-state index in [1.807, 2.05) is 39.4 Å². The first-order valence-corrected chi connectivity index (χ1v) is 22.9. The number of likely N-dealkylation sites (N-methyl/N-ethyl adjacent to an activating group) is 1. The predicted octanol–water partition coefficient (Wildman–Crippen LogP) is 11.0. The van der Waals surface area contributed by atoms with Crippen molar-refractivity contribution < 1.29 is 47.2 Å². The second-order valence-corrected chi connectivity index (χ2v) is 16.6. The highest BCUT2D eigenvalue weighted by molar-refractivity contribution is 7.47. The molecule has 0 bridgehead atoms. The molecule has 0 radical (unpaired) electrons. The van der Waals surface area contributed by atoms with Gasteiger partial charge in [-0.05, 0) is 77.0 Å². The van der Waals surface area contributed by atoms with Gasteiger partial charge in [0.05, 0.1) is 33.9 Å². The van der Waals surface area contributed by atoms with Gasteiger partial charge in [0, 0.05) is 12.8 Å². The van der Waals surface area contributed by atoms with E-state index in [-0.39, 0.29) is 32.2 Å². The Kier molecular flexibility index (Phi) is 35.6. The predicted molar refractivity (Wildman–Crippen MR) is 235 cm³/mol. The first kappa shape index (κ1) is 54.2. The molecule has 0 amide bonds. The van der Waals surface area contributed by atoms with Gasteiger partial charge in [0.2, 0.25) is 0 Å². The molecular weight excluding hydrogens is 741 g/mol. The lowest BCUT2D eigenvalue weighted by Crippen LogP contribution is -2.37. The van der Waals surface area contributed by atoms with Crippen molar-refractivity contribution in [2.24, 2.45) is 0 Å². The number of ether oxygens (including phenoxy) is 2. The Morgan fingerprint density at radius 2 is 1.16 bits per heavy atom. The van der Waals surface area contributed by atoms with Crippen molar-refractivity contribution >= 4 is 19.8 Å². The molecule has 0 spiro atoms. The standard InChI is InChI=1S/C46H78NO9P/c1-6-8-10-11-12-13-14-15-16-17-22-25-28-31-34-38-46(50)56-44(42-55-57(51,52)54-40-39-47(3,4)5)41-53-45(49)37-33-30-27-24-21-19-18-20-23-26-29-32-36-43(48)35-9-7-2/h8,10,12-13,15-16,18-19,23-24,26-27,32,36,43-44,48H,6-7,9,11,14,17,20-22,25,28-31,33-35,37-42H2,1-5H3/p+1/b10-8-,13-12-,16-15-,19-18-,26-23-,27-24-,36-32-/t43-,44+/m0/s1. The van der Waals surface area contributed by atoms with Gasteiger partial charge in [0.25, 0.3) is 0 Å². The largest absolute Gasteiger partial charge is 0.472 e. The lowest BCUT2D eigenvalue weighted by molar-refractivity contribution is -0.870. The summed E-state index contributed by atoms with van der Waals surface area (Å²) in [6.07, 6.45) is 44.0. The Bertz CT molecular complexity index is 1260. The number of hydrogen-bond donors (Lipinski definition) is 2. The highest BCUT2D eigenvalue weighted by atomic mass is 31.2. The minimum atomic E-state index is -4.40. The minimum absolute atomic E-state index is 0.00796. The Balaban J connectivity index is 4.54. The van der Waals surface area contributed by atoms with Crippen LogP contribution in [0.1, 0.15) is 136 Å². The van der Waals surface area contributed by atoms with Crippen molar-refractivity contribution in [1.29, 1.82) is 0 Å². The molecule has 0 aliphatic rings. The molecule has 0 aliphatic heterocycles. The molecule has 57 heavy (non-hydrogen) atoms. The molecule has 0 saturated carbocycles. The number of carbonyl (C=O) groups excluding carboxylic acids is 2. The lowest BCUT2D eigenvalue weighted by atomic mass is 10.1. The van der Waals surface area contributed by atoms with E-state index < -0.39 is 32.5 Å². The average molecular weight is 821 g/mol. The second-order valence-electron chi connectivity index (χ2n) is 15.2. The zero-order valence-corrected chi connectivity index (χ0v) is 37.0. The Morgan fingerprint density at radius 1 is 0.632 bits per heavy atom. The molecule has 0 rings (SSSR count). The number of phosphoric ester groups is 1. The molecule has 0 aliphatic carbocycles. The summed E-state index contributed by atoms with van der Waals surface area (Å²) < 4.78 is 34.2. The number of rotatable bonds is 37. The molecule has 326 valence electrons. The molecule has 3 atom stereocenters. The van der Waals surface area contributed by atoms with Gasteiger partial charge in [0.15, 0.2) is 6.10 Å². The fourth-order valence-corrected chi connectivity index (χ4v) is 5.84.